The summed E-state index contributed by atoms with van der Waals surface area (Å²) >= 11 is 1.57. The van der Waals surface area contributed by atoms with E-state index in [1.165, 1.54) is 0 Å². The first-order valence-electron chi connectivity index (χ1n) is 6.62. The van der Waals surface area contributed by atoms with E-state index in [2.05, 4.69) is 15.6 Å². The van der Waals surface area contributed by atoms with Crippen LogP contribution in [0.2, 0.25) is 0 Å². The lowest BCUT2D eigenvalue weighted by molar-refractivity contribution is 0.0950. The summed E-state index contributed by atoms with van der Waals surface area (Å²) in [6, 6.07) is 7.74. The Morgan fingerprint density at radius 1 is 1.33 bits per heavy atom. The maximum Gasteiger partial charge on any atom is 0.251 e. The highest BCUT2D eigenvalue weighted by atomic mass is 35.5. The van der Waals surface area contributed by atoms with Gasteiger partial charge in [-0.15, -0.1) is 23.7 Å². The molecule has 0 saturated carbocycles. The summed E-state index contributed by atoms with van der Waals surface area (Å²) in [7, 11) is 1.91. The Morgan fingerprint density at radius 3 is 2.76 bits per heavy atom. The average molecular weight is 326 g/mol. The standard InChI is InChI=1S/C15H19N3OS.ClH/c1-11-14(20-10-18-11)9-17-15(19)13-6-4-3-5-12(13)7-8-16-2;/h3-6,10,16H,7-9H2,1-2H3,(H,17,19);1H. The number of nitrogens with one attached hydrogen (secondary N) is 2. The first-order chi connectivity index (χ1) is 9.72. The van der Waals surface area contributed by atoms with Crippen LogP contribution in [0.15, 0.2) is 29.8 Å². The number of benzene rings is 1. The lowest BCUT2D eigenvalue weighted by Gasteiger charge is -2.09. The van der Waals surface area contributed by atoms with Crippen molar-refractivity contribution in [2.45, 2.75) is 19.9 Å². The normalized spacial score (nSPS) is 10.0. The van der Waals surface area contributed by atoms with Crippen molar-refractivity contribution >= 4 is 29.7 Å². The summed E-state index contributed by atoms with van der Waals surface area (Å²) in [5.41, 5.74) is 4.61. The van der Waals surface area contributed by atoms with E-state index >= 15 is 0 Å². The van der Waals surface area contributed by atoms with Gasteiger partial charge in [-0.25, -0.2) is 4.98 Å². The van der Waals surface area contributed by atoms with Crippen molar-refractivity contribution in [2.24, 2.45) is 0 Å². The fourth-order valence-corrected chi connectivity index (χ4v) is 2.69. The first kappa shape index (κ1) is 17.6. The second kappa shape index (κ2) is 8.77. The minimum Gasteiger partial charge on any atom is -0.347 e. The third-order valence-electron chi connectivity index (χ3n) is 3.16. The number of carbonyl (C=O) groups excluding carboxylic acids is 1. The molecule has 1 aromatic carbocycles. The number of thiazole rings is 1. The molecular weight excluding hydrogens is 306 g/mol. The largest absolute Gasteiger partial charge is 0.347 e. The Labute approximate surface area is 135 Å². The molecule has 2 aromatic rings. The number of rotatable bonds is 6. The molecule has 114 valence electrons. The Hall–Kier alpha value is -1.43. The number of hydrogen-bond donors (Lipinski definition) is 2. The SMILES string of the molecule is CNCCc1ccccc1C(=O)NCc1scnc1C.Cl. The summed E-state index contributed by atoms with van der Waals surface area (Å²) < 4.78 is 0. The van der Waals surface area contributed by atoms with Crippen LogP contribution >= 0.6 is 23.7 Å². The molecule has 4 nitrogen and oxygen atoms in total. The van der Waals surface area contributed by atoms with Crippen molar-refractivity contribution in [2.75, 3.05) is 13.6 Å². The molecule has 0 saturated heterocycles. The van der Waals surface area contributed by atoms with Crippen molar-refractivity contribution in [3.63, 3.8) is 0 Å². The van der Waals surface area contributed by atoms with E-state index < -0.39 is 0 Å². The molecule has 0 bridgehead atoms. The third kappa shape index (κ3) is 4.81. The van der Waals surface area contributed by atoms with E-state index in [-0.39, 0.29) is 18.3 Å². The Balaban J connectivity index is 0.00000220. The average Bonchev–Trinajstić information content (AvgIpc) is 2.88. The topological polar surface area (TPSA) is 54.0 Å². The van der Waals surface area contributed by atoms with Crippen LogP contribution in [0.5, 0.6) is 0 Å². The smallest absolute Gasteiger partial charge is 0.251 e. The van der Waals surface area contributed by atoms with Crippen LogP contribution in [0, 0.1) is 6.92 Å². The van der Waals surface area contributed by atoms with Crippen LogP contribution in [0.3, 0.4) is 0 Å². The van der Waals surface area contributed by atoms with Gasteiger partial charge in [-0.1, -0.05) is 18.2 Å². The Kier molecular flexibility index (Phi) is 7.36. The van der Waals surface area contributed by atoms with E-state index in [0.717, 1.165) is 34.7 Å². The summed E-state index contributed by atoms with van der Waals surface area (Å²) in [5.74, 6) is -0.0236. The molecule has 21 heavy (non-hydrogen) atoms. The molecule has 6 heteroatoms. The van der Waals surface area contributed by atoms with Gasteiger partial charge in [0.05, 0.1) is 17.7 Å². The summed E-state index contributed by atoms with van der Waals surface area (Å²) in [6.07, 6.45) is 0.847. The minimum absolute atomic E-state index is 0. The number of likely N-dealkylation sites (N-methyl/N-ethyl adjacent to an activating group) is 1. The molecule has 1 aromatic heterocycles. The molecule has 0 aliphatic heterocycles. The summed E-state index contributed by atoms with van der Waals surface area (Å²) in [4.78, 5) is 17.6. The molecule has 2 N–H and O–H groups in total. The van der Waals surface area contributed by atoms with Gasteiger partial charge in [0.2, 0.25) is 0 Å². The number of nitrogens with zero attached hydrogens (tertiary/aromatic N) is 1. The molecule has 0 radical (unpaired) electrons. The molecule has 1 amide bonds. The number of hydrogen-bond acceptors (Lipinski definition) is 4. The molecule has 0 aliphatic carbocycles. The lowest BCUT2D eigenvalue weighted by atomic mass is 10.0. The van der Waals surface area contributed by atoms with Gasteiger partial charge in [0.1, 0.15) is 0 Å². The highest BCUT2D eigenvalue weighted by molar-refractivity contribution is 7.09. The molecule has 0 aliphatic rings. The number of amides is 1. The second-order valence-electron chi connectivity index (χ2n) is 4.55. The van der Waals surface area contributed by atoms with Crippen molar-refractivity contribution in [1.29, 1.82) is 0 Å². The lowest BCUT2D eigenvalue weighted by Crippen LogP contribution is -2.24. The van der Waals surface area contributed by atoms with Gasteiger partial charge < -0.3 is 10.6 Å². The quantitative estimate of drug-likeness (QED) is 0.858. The Bertz CT molecular complexity index is 586. The van der Waals surface area contributed by atoms with Crippen molar-refractivity contribution in [3.05, 3.63) is 51.5 Å². The summed E-state index contributed by atoms with van der Waals surface area (Å²) in [5, 5.41) is 6.08. The molecule has 0 spiro atoms. The predicted molar refractivity (Wildman–Crippen MR) is 89.3 cm³/mol. The zero-order valence-electron chi connectivity index (χ0n) is 12.2. The highest BCUT2D eigenvalue weighted by Crippen LogP contribution is 2.13. The highest BCUT2D eigenvalue weighted by Gasteiger charge is 2.11. The van der Waals surface area contributed by atoms with Crippen LogP contribution in [-0.4, -0.2) is 24.5 Å². The number of halogens is 1. The second-order valence-corrected chi connectivity index (χ2v) is 5.49. The van der Waals surface area contributed by atoms with E-state index in [9.17, 15) is 4.79 Å². The van der Waals surface area contributed by atoms with E-state index in [0.29, 0.717) is 6.54 Å². The fraction of sp³-hybridized carbons (Fsp3) is 0.333. The zero-order valence-corrected chi connectivity index (χ0v) is 13.8. The van der Waals surface area contributed by atoms with Crippen LogP contribution in [0.4, 0.5) is 0 Å². The molecule has 1 heterocycles. The van der Waals surface area contributed by atoms with Crippen LogP contribution in [-0.2, 0) is 13.0 Å². The monoisotopic (exact) mass is 325 g/mol. The minimum atomic E-state index is -0.0236. The van der Waals surface area contributed by atoms with Gasteiger partial charge in [0, 0.05) is 10.4 Å². The third-order valence-corrected chi connectivity index (χ3v) is 4.10. The predicted octanol–water partition coefficient (Wildman–Crippen LogP) is 2.57. The molecular formula is C15H20ClN3OS. The van der Waals surface area contributed by atoms with Crippen LogP contribution < -0.4 is 10.6 Å². The van der Waals surface area contributed by atoms with Gasteiger partial charge in [-0.05, 0) is 38.6 Å². The first-order valence-corrected chi connectivity index (χ1v) is 7.50. The fourth-order valence-electron chi connectivity index (χ4n) is 1.97. The van der Waals surface area contributed by atoms with E-state index in [1.54, 1.807) is 16.8 Å². The van der Waals surface area contributed by atoms with E-state index in [4.69, 9.17) is 0 Å². The van der Waals surface area contributed by atoms with Gasteiger partial charge in [0.25, 0.3) is 5.91 Å². The molecule has 0 unspecified atom stereocenters. The zero-order chi connectivity index (χ0) is 14.4. The number of carbonyl (C=O) groups is 1. The van der Waals surface area contributed by atoms with Crippen LogP contribution in [0.1, 0.15) is 26.5 Å². The van der Waals surface area contributed by atoms with Crippen molar-refractivity contribution < 1.29 is 4.79 Å². The number of aryl methyl sites for hydroxylation is 1. The maximum absolute atomic E-state index is 12.3. The van der Waals surface area contributed by atoms with Gasteiger partial charge in [0.15, 0.2) is 0 Å². The van der Waals surface area contributed by atoms with Crippen molar-refractivity contribution in [1.82, 2.24) is 15.6 Å². The Morgan fingerprint density at radius 2 is 2.10 bits per heavy atom. The molecule has 2 rings (SSSR count). The van der Waals surface area contributed by atoms with Crippen molar-refractivity contribution in [3.8, 4) is 0 Å². The van der Waals surface area contributed by atoms with Gasteiger partial charge in [-0.3, -0.25) is 4.79 Å². The molecule has 0 fully saturated rings. The van der Waals surface area contributed by atoms with Gasteiger partial charge in [-0.2, -0.15) is 0 Å². The molecule has 0 atom stereocenters. The number of aromatic nitrogens is 1. The van der Waals surface area contributed by atoms with Crippen LogP contribution in [0.25, 0.3) is 0 Å². The maximum atomic E-state index is 12.3. The summed E-state index contributed by atoms with van der Waals surface area (Å²) in [6.45, 7) is 3.35. The van der Waals surface area contributed by atoms with Gasteiger partial charge >= 0.3 is 0 Å². The van der Waals surface area contributed by atoms with E-state index in [1.807, 2.05) is 38.2 Å².